The van der Waals surface area contributed by atoms with Crippen LogP contribution in [0.1, 0.15) is 17.0 Å². The predicted octanol–water partition coefficient (Wildman–Crippen LogP) is 6.61. The van der Waals surface area contributed by atoms with Crippen molar-refractivity contribution in [2.75, 3.05) is 17.3 Å². The van der Waals surface area contributed by atoms with E-state index < -0.39 is 6.23 Å². The van der Waals surface area contributed by atoms with Crippen molar-refractivity contribution in [1.29, 1.82) is 0 Å². The SMILES string of the molecule is Cc1cc(Nc2ccc(CC(O)N(C)c3cc(C)nc(-c4cccc(Cl)c4)n3)cc2)nc(-c2ccccc2)n1. The number of aromatic nitrogens is 4. The minimum atomic E-state index is -0.775. The van der Waals surface area contributed by atoms with Gasteiger partial charge in [0.2, 0.25) is 0 Å². The summed E-state index contributed by atoms with van der Waals surface area (Å²) in [4.78, 5) is 20.2. The van der Waals surface area contributed by atoms with Crippen molar-refractivity contribution in [3.05, 3.63) is 113 Å². The van der Waals surface area contributed by atoms with Crippen LogP contribution in [0, 0.1) is 13.8 Å². The molecule has 3 aromatic carbocycles. The summed E-state index contributed by atoms with van der Waals surface area (Å²) in [6, 6.07) is 29.1. The Balaban J connectivity index is 1.27. The van der Waals surface area contributed by atoms with E-state index in [9.17, 15) is 5.11 Å². The fourth-order valence-electron chi connectivity index (χ4n) is 4.21. The Kier molecular flexibility index (Phi) is 7.81. The highest BCUT2D eigenvalue weighted by Crippen LogP contribution is 2.25. The molecular formula is C31H29ClN6O. The molecule has 8 heteroatoms. The lowest BCUT2D eigenvalue weighted by Gasteiger charge is -2.25. The third-order valence-corrected chi connectivity index (χ3v) is 6.50. The van der Waals surface area contributed by atoms with Crippen molar-refractivity contribution in [3.63, 3.8) is 0 Å². The number of anilines is 3. The molecule has 2 aromatic heterocycles. The summed E-state index contributed by atoms with van der Waals surface area (Å²) < 4.78 is 0. The van der Waals surface area contributed by atoms with E-state index in [0.717, 1.165) is 39.6 Å². The molecule has 0 fully saturated rings. The Hall–Kier alpha value is -4.33. The summed E-state index contributed by atoms with van der Waals surface area (Å²) in [5.74, 6) is 2.61. The number of aryl methyl sites for hydroxylation is 2. The molecule has 0 aliphatic heterocycles. The van der Waals surface area contributed by atoms with Crippen LogP contribution >= 0.6 is 11.6 Å². The van der Waals surface area contributed by atoms with E-state index in [0.29, 0.717) is 28.9 Å². The predicted molar refractivity (Wildman–Crippen MR) is 157 cm³/mol. The lowest BCUT2D eigenvalue weighted by molar-refractivity contribution is 0.174. The molecule has 0 bridgehead atoms. The van der Waals surface area contributed by atoms with Crippen molar-refractivity contribution in [3.8, 4) is 22.8 Å². The van der Waals surface area contributed by atoms with Gasteiger partial charge in [-0.1, -0.05) is 66.2 Å². The van der Waals surface area contributed by atoms with Gasteiger partial charge in [0, 0.05) is 58.8 Å². The fourth-order valence-corrected chi connectivity index (χ4v) is 4.40. The van der Waals surface area contributed by atoms with Crippen molar-refractivity contribution < 1.29 is 5.11 Å². The maximum Gasteiger partial charge on any atom is 0.161 e. The van der Waals surface area contributed by atoms with Crippen molar-refractivity contribution in [2.45, 2.75) is 26.5 Å². The first-order chi connectivity index (χ1) is 18.8. The number of nitrogens with zero attached hydrogens (tertiary/aromatic N) is 5. The summed E-state index contributed by atoms with van der Waals surface area (Å²) in [7, 11) is 1.83. The zero-order chi connectivity index (χ0) is 27.4. The molecule has 0 radical (unpaired) electrons. The quantitative estimate of drug-likeness (QED) is 0.216. The molecule has 1 unspecified atom stereocenters. The number of hydrogen-bond donors (Lipinski definition) is 2. The third kappa shape index (κ3) is 6.57. The molecule has 0 saturated heterocycles. The van der Waals surface area contributed by atoms with Crippen LogP contribution < -0.4 is 10.2 Å². The van der Waals surface area contributed by atoms with Crippen LogP contribution in [0.5, 0.6) is 0 Å². The lowest BCUT2D eigenvalue weighted by atomic mass is 10.1. The van der Waals surface area contributed by atoms with Gasteiger partial charge in [-0.25, -0.2) is 19.9 Å². The van der Waals surface area contributed by atoms with Crippen LogP contribution in [-0.4, -0.2) is 38.3 Å². The summed E-state index contributed by atoms with van der Waals surface area (Å²) >= 11 is 6.16. The molecule has 5 rings (SSSR count). The molecule has 0 saturated carbocycles. The number of aliphatic hydroxyl groups excluding tert-OH is 1. The van der Waals surface area contributed by atoms with E-state index in [-0.39, 0.29) is 0 Å². The van der Waals surface area contributed by atoms with Crippen molar-refractivity contribution in [1.82, 2.24) is 19.9 Å². The van der Waals surface area contributed by atoms with Gasteiger partial charge in [0.05, 0.1) is 0 Å². The molecule has 0 spiro atoms. The Morgan fingerprint density at radius 3 is 2.15 bits per heavy atom. The van der Waals surface area contributed by atoms with Crippen LogP contribution in [0.15, 0.2) is 91.0 Å². The number of halogens is 1. The van der Waals surface area contributed by atoms with Gasteiger partial charge in [0.15, 0.2) is 11.6 Å². The van der Waals surface area contributed by atoms with Crippen molar-refractivity contribution in [2.24, 2.45) is 0 Å². The first kappa shape index (κ1) is 26.3. The molecule has 7 nitrogen and oxygen atoms in total. The first-order valence-corrected chi connectivity index (χ1v) is 13.0. The normalized spacial score (nSPS) is 11.7. The number of likely N-dealkylation sites (N-methyl/N-ethyl adjacent to an activating group) is 1. The smallest absolute Gasteiger partial charge is 0.161 e. The van der Waals surface area contributed by atoms with E-state index in [1.54, 1.807) is 4.90 Å². The minimum absolute atomic E-state index is 0.428. The number of hydrogen-bond acceptors (Lipinski definition) is 7. The average molecular weight is 537 g/mol. The zero-order valence-corrected chi connectivity index (χ0v) is 22.8. The first-order valence-electron chi connectivity index (χ1n) is 12.6. The molecule has 2 heterocycles. The summed E-state index contributed by atoms with van der Waals surface area (Å²) in [6.07, 6.45) is -0.347. The standard InChI is InChI=1S/C31H29ClN6O/c1-20-16-27(36-30(33-20)23-8-5-4-6-9-23)35-26-14-12-22(13-15-26)18-29(39)38(3)28-17-21(2)34-31(37-28)24-10-7-11-25(32)19-24/h4-17,19,29,39H,18H2,1-3H3,(H,33,35,36). The lowest BCUT2D eigenvalue weighted by Crippen LogP contribution is -2.34. The van der Waals surface area contributed by atoms with Crippen molar-refractivity contribution >= 4 is 28.9 Å². The Labute approximate surface area is 233 Å². The van der Waals surface area contributed by atoms with Gasteiger partial charge < -0.3 is 15.3 Å². The maximum absolute atomic E-state index is 11.0. The van der Waals surface area contributed by atoms with E-state index in [2.05, 4.69) is 25.3 Å². The van der Waals surface area contributed by atoms with Gasteiger partial charge in [-0.3, -0.25) is 0 Å². The van der Waals surface area contributed by atoms with Crippen LogP contribution in [0.2, 0.25) is 5.02 Å². The highest BCUT2D eigenvalue weighted by Gasteiger charge is 2.16. The van der Waals surface area contributed by atoms with E-state index in [1.807, 2.05) is 112 Å². The monoisotopic (exact) mass is 536 g/mol. The second kappa shape index (κ2) is 11.6. The van der Waals surface area contributed by atoms with Crippen LogP contribution in [0.25, 0.3) is 22.8 Å². The average Bonchev–Trinajstić information content (AvgIpc) is 2.93. The Bertz CT molecular complexity index is 1580. The van der Waals surface area contributed by atoms with E-state index in [4.69, 9.17) is 11.6 Å². The molecule has 196 valence electrons. The second-order valence-electron chi connectivity index (χ2n) is 9.40. The maximum atomic E-state index is 11.0. The van der Waals surface area contributed by atoms with Gasteiger partial charge in [-0.2, -0.15) is 0 Å². The molecule has 0 aliphatic carbocycles. The van der Waals surface area contributed by atoms with Gasteiger partial charge >= 0.3 is 0 Å². The number of aliphatic hydroxyl groups is 1. The number of benzene rings is 3. The largest absolute Gasteiger partial charge is 0.373 e. The van der Waals surface area contributed by atoms with E-state index >= 15 is 0 Å². The summed E-state index contributed by atoms with van der Waals surface area (Å²) in [5.41, 5.74) is 5.37. The molecule has 39 heavy (non-hydrogen) atoms. The fraction of sp³-hybridized carbons (Fsp3) is 0.161. The molecule has 2 N–H and O–H groups in total. The van der Waals surface area contributed by atoms with Crippen LogP contribution in [0.3, 0.4) is 0 Å². The summed E-state index contributed by atoms with van der Waals surface area (Å²) in [6.45, 7) is 3.87. The van der Waals surface area contributed by atoms with Gasteiger partial charge in [0.1, 0.15) is 17.9 Å². The molecule has 1 atom stereocenters. The minimum Gasteiger partial charge on any atom is -0.373 e. The second-order valence-corrected chi connectivity index (χ2v) is 9.84. The zero-order valence-electron chi connectivity index (χ0n) is 22.0. The molecular weight excluding hydrogens is 508 g/mol. The number of rotatable bonds is 8. The molecule has 0 aliphatic rings. The van der Waals surface area contributed by atoms with Gasteiger partial charge in [0.25, 0.3) is 0 Å². The third-order valence-electron chi connectivity index (χ3n) is 6.26. The Morgan fingerprint density at radius 1 is 0.769 bits per heavy atom. The number of nitrogens with one attached hydrogen (secondary N) is 1. The highest BCUT2D eigenvalue weighted by atomic mass is 35.5. The van der Waals surface area contributed by atoms with Crippen LogP contribution in [-0.2, 0) is 6.42 Å². The molecule has 5 aromatic rings. The molecule has 0 amide bonds. The van der Waals surface area contributed by atoms with Gasteiger partial charge in [-0.05, 0) is 43.7 Å². The van der Waals surface area contributed by atoms with Crippen LogP contribution in [0.4, 0.5) is 17.3 Å². The summed E-state index contributed by atoms with van der Waals surface area (Å²) in [5, 5.41) is 15.0. The highest BCUT2D eigenvalue weighted by molar-refractivity contribution is 6.30. The topological polar surface area (TPSA) is 87.1 Å². The Morgan fingerprint density at radius 2 is 1.44 bits per heavy atom. The van der Waals surface area contributed by atoms with Gasteiger partial charge in [-0.15, -0.1) is 0 Å². The van der Waals surface area contributed by atoms with E-state index in [1.165, 1.54) is 0 Å².